The highest BCUT2D eigenvalue weighted by Gasteiger charge is 2.36. The smallest absolute Gasteiger partial charge is 0.242 e. The molecule has 1 aromatic rings. The molecule has 0 spiro atoms. The third-order valence-corrected chi connectivity index (χ3v) is 4.29. The van der Waals surface area contributed by atoms with Crippen LogP contribution in [0, 0.1) is 5.92 Å². The van der Waals surface area contributed by atoms with Crippen LogP contribution in [-0.2, 0) is 14.4 Å². The van der Waals surface area contributed by atoms with E-state index in [1.165, 1.54) is 0 Å². The average Bonchev–Trinajstić information content (AvgIpc) is 3.03. The maximum absolute atomic E-state index is 12.4. The van der Waals surface area contributed by atoms with Crippen LogP contribution in [0.15, 0.2) is 24.3 Å². The van der Waals surface area contributed by atoms with E-state index in [-0.39, 0.29) is 43.3 Å². The van der Waals surface area contributed by atoms with Crippen LogP contribution in [0.3, 0.4) is 0 Å². The third kappa shape index (κ3) is 4.72. The Morgan fingerprint density at radius 3 is 2.50 bits per heavy atom. The Morgan fingerprint density at radius 1 is 1.27 bits per heavy atom. The van der Waals surface area contributed by atoms with Gasteiger partial charge in [0.1, 0.15) is 11.8 Å². The summed E-state index contributed by atoms with van der Waals surface area (Å²) in [5.41, 5.74) is 0.702. The first-order valence-electron chi connectivity index (χ1n) is 8.51. The lowest BCUT2D eigenvalue weighted by atomic mass is 10.1. The Hall–Kier alpha value is -2.61. The third-order valence-electron chi connectivity index (χ3n) is 4.29. The van der Waals surface area contributed by atoms with Crippen LogP contribution in [0.5, 0.6) is 5.75 Å². The summed E-state index contributed by atoms with van der Waals surface area (Å²) in [7, 11) is 1.56. The standard InChI is InChI=1S/C18H25N3O5/c1-11(10-22)19-17(24)12(2)20-18(25)13-8-16(23)21(9-13)14-4-6-15(26-3)7-5-14/h4-7,11-13,22H,8-10H2,1-3H3,(H,19,24)(H,20,25)/t11-,12-,13+/m0/s1. The lowest BCUT2D eigenvalue weighted by Gasteiger charge is -2.19. The van der Waals surface area contributed by atoms with E-state index in [0.717, 1.165) is 0 Å². The maximum Gasteiger partial charge on any atom is 0.242 e. The molecular formula is C18H25N3O5. The van der Waals surface area contributed by atoms with E-state index in [4.69, 9.17) is 9.84 Å². The molecule has 0 aliphatic carbocycles. The van der Waals surface area contributed by atoms with Crippen molar-refractivity contribution < 1.29 is 24.2 Å². The largest absolute Gasteiger partial charge is 0.497 e. The van der Waals surface area contributed by atoms with E-state index in [0.29, 0.717) is 11.4 Å². The van der Waals surface area contributed by atoms with Crippen molar-refractivity contribution in [2.24, 2.45) is 5.92 Å². The summed E-state index contributed by atoms with van der Waals surface area (Å²) in [6, 6.07) is 5.91. The van der Waals surface area contributed by atoms with Gasteiger partial charge in [0.15, 0.2) is 0 Å². The Bertz CT molecular complexity index is 661. The van der Waals surface area contributed by atoms with Crippen molar-refractivity contribution in [2.45, 2.75) is 32.4 Å². The predicted molar refractivity (Wildman–Crippen MR) is 95.7 cm³/mol. The van der Waals surface area contributed by atoms with Gasteiger partial charge in [0, 0.05) is 24.7 Å². The predicted octanol–water partition coefficient (Wildman–Crippen LogP) is 0.0498. The SMILES string of the molecule is COc1ccc(N2C[C@H](C(=O)N[C@@H](C)C(=O)N[C@@H](C)CO)CC2=O)cc1. The fourth-order valence-electron chi connectivity index (χ4n) is 2.71. The van der Waals surface area contributed by atoms with Crippen molar-refractivity contribution in [1.82, 2.24) is 10.6 Å². The summed E-state index contributed by atoms with van der Waals surface area (Å²) in [5.74, 6) is -0.687. The highest BCUT2D eigenvalue weighted by Crippen LogP contribution is 2.26. The minimum Gasteiger partial charge on any atom is -0.497 e. The van der Waals surface area contributed by atoms with Gasteiger partial charge in [-0.15, -0.1) is 0 Å². The number of hydrogen-bond acceptors (Lipinski definition) is 5. The molecule has 0 bridgehead atoms. The van der Waals surface area contributed by atoms with Crippen LogP contribution in [0.2, 0.25) is 0 Å². The molecule has 142 valence electrons. The molecule has 1 heterocycles. The average molecular weight is 363 g/mol. The minimum atomic E-state index is -0.748. The van der Waals surface area contributed by atoms with Gasteiger partial charge in [-0.1, -0.05) is 0 Å². The van der Waals surface area contributed by atoms with Crippen LogP contribution < -0.4 is 20.3 Å². The first kappa shape index (κ1) is 19.7. The van der Waals surface area contributed by atoms with Crippen LogP contribution in [0.25, 0.3) is 0 Å². The second kappa shape index (κ2) is 8.66. The monoisotopic (exact) mass is 363 g/mol. The van der Waals surface area contributed by atoms with E-state index in [1.54, 1.807) is 50.1 Å². The summed E-state index contributed by atoms with van der Waals surface area (Å²) in [6.07, 6.45) is 0.0965. The minimum absolute atomic E-state index is 0.0965. The van der Waals surface area contributed by atoms with Crippen LogP contribution >= 0.6 is 0 Å². The van der Waals surface area contributed by atoms with Gasteiger partial charge in [-0.2, -0.15) is 0 Å². The summed E-state index contributed by atoms with van der Waals surface area (Å²) in [5, 5.41) is 14.2. The molecule has 2 rings (SSSR count). The molecule has 3 amide bonds. The van der Waals surface area contributed by atoms with Crippen molar-refractivity contribution in [3.8, 4) is 5.75 Å². The second-order valence-corrected chi connectivity index (χ2v) is 6.43. The number of anilines is 1. The van der Waals surface area contributed by atoms with Crippen LogP contribution in [-0.4, -0.2) is 55.2 Å². The number of ether oxygens (including phenoxy) is 1. The Balaban J connectivity index is 1.94. The molecule has 1 saturated heterocycles. The van der Waals surface area contributed by atoms with Crippen molar-refractivity contribution in [3.05, 3.63) is 24.3 Å². The van der Waals surface area contributed by atoms with E-state index >= 15 is 0 Å². The summed E-state index contributed by atoms with van der Waals surface area (Å²) >= 11 is 0. The summed E-state index contributed by atoms with van der Waals surface area (Å²) < 4.78 is 5.10. The van der Waals surface area contributed by atoms with E-state index in [2.05, 4.69) is 10.6 Å². The number of hydrogen-bond donors (Lipinski definition) is 3. The molecule has 0 radical (unpaired) electrons. The molecule has 8 nitrogen and oxygen atoms in total. The molecule has 0 aromatic heterocycles. The molecule has 8 heteroatoms. The molecule has 1 aromatic carbocycles. The Labute approximate surface area is 152 Å². The van der Waals surface area contributed by atoms with Crippen LogP contribution in [0.4, 0.5) is 5.69 Å². The van der Waals surface area contributed by atoms with Gasteiger partial charge in [0.2, 0.25) is 17.7 Å². The summed E-state index contributed by atoms with van der Waals surface area (Å²) in [6.45, 7) is 3.31. The molecule has 1 fully saturated rings. The van der Waals surface area contributed by atoms with Gasteiger partial charge in [0.05, 0.1) is 19.6 Å². The number of carbonyl (C=O) groups excluding carboxylic acids is 3. The van der Waals surface area contributed by atoms with Crippen molar-refractivity contribution in [2.75, 3.05) is 25.2 Å². The molecule has 3 N–H and O–H groups in total. The highest BCUT2D eigenvalue weighted by molar-refractivity contribution is 6.01. The number of aliphatic hydroxyl groups excluding tert-OH is 1. The second-order valence-electron chi connectivity index (χ2n) is 6.43. The number of rotatable bonds is 7. The zero-order valence-corrected chi connectivity index (χ0v) is 15.2. The topological polar surface area (TPSA) is 108 Å². The Morgan fingerprint density at radius 2 is 1.92 bits per heavy atom. The molecule has 1 aliphatic rings. The van der Waals surface area contributed by atoms with Gasteiger partial charge in [-0.05, 0) is 38.1 Å². The molecule has 3 atom stereocenters. The summed E-state index contributed by atoms with van der Waals surface area (Å²) in [4.78, 5) is 38.2. The lowest BCUT2D eigenvalue weighted by molar-refractivity contribution is -0.131. The first-order valence-corrected chi connectivity index (χ1v) is 8.51. The van der Waals surface area contributed by atoms with Gasteiger partial charge >= 0.3 is 0 Å². The number of benzene rings is 1. The number of methoxy groups -OCH3 is 1. The molecule has 26 heavy (non-hydrogen) atoms. The zero-order chi connectivity index (χ0) is 19.3. The lowest BCUT2D eigenvalue weighted by Crippen LogP contribution is -2.49. The van der Waals surface area contributed by atoms with Crippen molar-refractivity contribution in [1.29, 1.82) is 0 Å². The molecule has 0 saturated carbocycles. The van der Waals surface area contributed by atoms with Gasteiger partial charge in [0.25, 0.3) is 0 Å². The Kier molecular flexibility index (Phi) is 6.57. The number of nitrogens with one attached hydrogen (secondary N) is 2. The highest BCUT2D eigenvalue weighted by atomic mass is 16.5. The normalized spacial score (nSPS) is 19.0. The van der Waals surface area contributed by atoms with Crippen molar-refractivity contribution >= 4 is 23.4 Å². The zero-order valence-electron chi connectivity index (χ0n) is 15.2. The maximum atomic E-state index is 12.4. The number of aliphatic hydroxyl groups is 1. The van der Waals surface area contributed by atoms with Gasteiger partial charge < -0.3 is 25.4 Å². The number of amides is 3. The van der Waals surface area contributed by atoms with E-state index in [1.807, 2.05) is 0 Å². The molecule has 0 unspecified atom stereocenters. The number of nitrogens with zero attached hydrogens (tertiary/aromatic N) is 1. The van der Waals surface area contributed by atoms with Gasteiger partial charge in [-0.3, -0.25) is 14.4 Å². The molecular weight excluding hydrogens is 338 g/mol. The van der Waals surface area contributed by atoms with Gasteiger partial charge in [-0.25, -0.2) is 0 Å². The van der Waals surface area contributed by atoms with E-state index in [9.17, 15) is 14.4 Å². The first-order chi connectivity index (χ1) is 12.3. The van der Waals surface area contributed by atoms with Crippen LogP contribution in [0.1, 0.15) is 20.3 Å². The van der Waals surface area contributed by atoms with E-state index < -0.39 is 12.0 Å². The fourth-order valence-corrected chi connectivity index (χ4v) is 2.71. The molecule has 1 aliphatic heterocycles. The number of carbonyl (C=O) groups is 3. The quantitative estimate of drug-likeness (QED) is 0.634. The fraction of sp³-hybridized carbons (Fsp3) is 0.500. The van der Waals surface area contributed by atoms with Crippen molar-refractivity contribution in [3.63, 3.8) is 0 Å².